The number of fused-ring (bicyclic) bond motifs is 1. The number of nitrogen functional groups attached to an aromatic ring is 1. The van der Waals surface area contributed by atoms with Crippen LogP contribution < -0.4 is 21.3 Å². The maximum Gasteiger partial charge on any atom is 0.262 e. The van der Waals surface area contributed by atoms with Crippen molar-refractivity contribution < 1.29 is 18.0 Å². The molecule has 9 nitrogen and oxygen atoms in total. The third-order valence-electron chi connectivity index (χ3n) is 3.79. The molecule has 4 N–H and O–H groups in total. The summed E-state index contributed by atoms with van der Waals surface area (Å²) in [7, 11) is -4.00. The van der Waals surface area contributed by atoms with Crippen molar-refractivity contribution in [2.24, 2.45) is 0 Å². The van der Waals surface area contributed by atoms with Crippen LogP contribution in [0.5, 0.6) is 0 Å². The fourth-order valence-corrected chi connectivity index (χ4v) is 4.46. The van der Waals surface area contributed by atoms with Gasteiger partial charge in [0.05, 0.1) is 16.8 Å². The van der Waals surface area contributed by atoms with Crippen molar-refractivity contribution in [2.75, 3.05) is 5.73 Å². The smallest absolute Gasteiger partial charge is 0.262 e. The Labute approximate surface area is 155 Å². The van der Waals surface area contributed by atoms with Gasteiger partial charge in [0.2, 0.25) is 10.0 Å². The van der Waals surface area contributed by atoms with Crippen molar-refractivity contribution in [3.8, 4) is 5.69 Å². The first-order valence-corrected chi connectivity index (χ1v) is 9.45. The highest BCUT2D eigenvalue weighted by molar-refractivity contribution is 7.89. The predicted molar refractivity (Wildman–Crippen MR) is 98.3 cm³/mol. The molecule has 2 amide bonds. The molecule has 0 aliphatic carbocycles. The average molecular weight is 390 g/mol. The van der Waals surface area contributed by atoms with Gasteiger partial charge in [0.15, 0.2) is 0 Å². The molecule has 0 atom stereocenters. The molecule has 0 bridgehead atoms. The molecule has 1 aliphatic rings. The van der Waals surface area contributed by atoms with E-state index in [0.717, 1.165) is 10.6 Å². The SMILES string of the molecule is CC(C)(C)NS(=O)(=O)c1ccccc1-n1c(N)c2c(cc1=O)C(=O)NC2=O. The second-order valence-corrected chi connectivity index (χ2v) is 8.75. The summed E-state index contributed by atoms with van der Waals surface area (Å²) >= 11 is 0. The maximum atomic E-state index is 12.8. The quantitative estimate of drug-likeness (QED) is 0.647. The first kappa shape index (κ1) is 18.8. The van der Waals surface area contributed by atoms with Crippen LogP contribution >= 0.6 is 0 Å². The molecule has 1 aliphatic heterocycles. The van der Waals surface area contributed by atoms with E-state index in [1.807, 2.05) is 0 Å². The molecule has 0 radical (unpaired) electrons. The van der Waals surface area contributed by atoms with Crippen LogP contribution in [0.1, 0.15) is 41.5 Å². The number of carbonyl (C=O) groups excluding carboxylic acids is 2. The number of rotatable bonds is 3. The monoisotopic (exact) mass is 390 g/mol. The number of carbonyl (C=O) groups is 2. The van der Waals surface area contributed by atoms with Crippen molar-refractivity contribution in [3.63, 3.8) is 0 Å². The molecule has 0 spiro atoms. The van der Waals surface area contributed by atoms with Crippen molar-refractivity contribution in [1.82, 2.24) is 14.6 Å². The van der Waals surface area contributed by atoms with E-state index in [1.54, 1.807) is 20.8 Å². The molecule has 2 aromatic rings. The van der Waals surface area contributed by atoms with Crippen LogP contribution in [-0.2, 0) is 10.0 Å². The number of nitrogens with two attached hydrogens (primary N) is 1. The molecule has 2 heterocycles. The van der Waals surface area contributed by atoms with Gasteiger partial charge in [-0.2, -0.15) is 0 Å². The topological polar surface area (TPSA) is 140 Å². The highest BCUT2D eigenvalue weighted by atomic mass is 32.2. The van der Waals surface area contributed by atoms with E-state index in [-0.39, 0.29) is 27.5 Å². The molecule has 0 fully saturated rings. The first-order valence-electron chi connectivity index (χ1n) is 7.97. The highest BCUT2D eigenvalue weighted by Crippen LogP contribution is 2.26. The largest absolute Gasteiger partial charge is 0.384 e. The molecule has 0 unspecified atom stereocenters. The van der Waals surface area contributed by atoms with Gasteiger partial charge >= 0.3 is 0 Å². The van der Waals surface area contributed by atoms with Crippen LogP contribution in [0.4, 0.5) is 5.82 Å². The summed E-state index contributed by atoms with van der Waals surface area (Å²) in [6.45, 7) is 5.04. The zero-order valence-electron chi connectivity index (χ0n) is 14.9. The van der Waals surface area contributed by atoms with Gasteiger partial charge in [-0.05, 0) is 32.9 Å². The van der Waals surface area contributed by atoms with Crippen LogP contribution in [0.25, 0.3) is 5.69 Å². The van der Waals surface area contributed by atoms with Gasteiger partial charge in [-0.15, -0.1) is 0 Å². The molecule has 10 heteroatoms. The summed E-state index contributed by atoms with van der Waals surface area (Å²) < 4.78 is 29.1. The molecule has 0 saturated heterocycles. The third kappa shape index (κ3) is 3.24. The molecule has 1 aromatic carbocycles. The van der Waals surface area contributed by atoms with E-state index in [0.29, 0.717) is 0 Å². The van der Waals surface area contributed by atoms with Gasteiger partial charge in [0, 0.05) is 11.6 Å². The van der Waals surface area contributed by atoms with Crippen LogP contribution in [0.2, 0.25) is 0 Å². The molecule has 1 aromatic heterocycles. The number of pyridine rings is 1. The average Bonchev–Trinajstić information content (AvgIpc) is 2.79. The third-order valence-corrected chi connectivity index (χ3v) is 5.59. The lowest BCUT2D eigenvalue weighted by molar-refractivity contribution is 0.0880. The second-order valence-electron chi connectivity index (χ2n) is 7.10. The number of benzene rings is 1. The minimum absolute atomic E-state index is 0.0216. The van der Waals surface area contributed by atoms with Gasteiger partial charge in [0.25, 0.3) is 17.4 Å². The van der Waals surface area contributed by atoms with E-state index >= 15 is 0 Å². The Bertz CT molecular complexity index is 1140. The number of nitrogens with zero attached hydrogens (tertiary/aromatic N) is 1. The van der Waals surface area contributed by atoms with Crippen LogP contribution in [0.3, 0.4) is 0 Å². The maximum absolute atomic E-state index is 12.8. The zero-order valence-corrected chi connectivity index (χ0v) is 15.7. The fraction of sp³-hybridized carbons (Fsp3) is 0.235. The summed E-state index contributed by atoms with van der Waals surface area (Å²) in [6, 6.07) is 6.73. The number of aromatic nitrogens is 1. The van der Waals surface area contributed by atoms with Gasteiger partial charge in [0.1, 0.15) is 10.7 Å². The van der Waals surface area contributed by atoms with Crippen LogP contribution in [0.15, 0.2) is 40.0 Å². The Morgan fingerprint density at radius 3 is 2.33 bits per heavy atom. The number of sulfonamides is 1. The van der Waals surface area contributed by atoms with Crippen LogP contribution in [0, 0.1) is 0 Å². The minimum Gasteiger partial charge on any atom is -0.384 e. The number of imide groups is 1. The summed E-state index contributed by atoms with van der Waals surface area (Å²) in [5.74, 6) is -1.77. The molecular formula is C17H18N4O5S. The second kappa shape index (κ2) is 6.03. The standard InChI is InChI=1S/C17H18N4O5S/c1-17(2,3)20-27(25,26)11-7-5-4-6-10(11)21-12(22)8-9-13(14(21)18)16(24)19-15(9)23/h4-8,20H,18H2,1-3H3,(H,19,23,24). The summed E-state index contributed by atoms with van der Waals surface area (Å²) in [6.07, 6.45) is 0. The van der Waals surface area contributed by atoms with Crippen molar-refractivity contribution >= 4 is 27.7 Å². The summed E-state index contributed by atoms with van der Waals surface area (Å²) in [4.78, 5) is 36.2. The number of para-hydroxylation sites is 1. The number of amides is 2. The lowest BCUT2D eigenvalue weighted by atomic mass is 10.1. The number of hydrogen-bond donors (Lipinski definition) is 3. The Morgan fingerprint density at radius 2 is 1.70 bits per heavy atom. The summed E-state index contributed by atoms with van der Waals surface area (Å²) in [5, 5.41) is 2.06. The predicted octanol–water partition coefficient (Wildman–Crippen LogP) is 0.380. The molecule has 27 heavy (non-hydrogen) atoms. The van der Waals surface area contributed by atoms with Gasteiger partial charge in [-0.3, -0.25) is 24.3 Å². The fourth-order valence-electron chi connectivity index (χ4n) is 2.86. The van der Waals surface area contributed by atoms with Crippen molar-refractivity contribution in [3.05, 3.63) is 51.8 Å². The first-order chi connectivity index (χ1) is 12.4. The number of hydrogen-bond acceptors (Lipinski definition) is 6. The molecule has 3 rings (SSSR count). The molecule has 142 valence electrons. The van der Waals surface area contributed by atoms with E-state index in [2.05, 4.69) is 10.0 Å². The summed E-state index contributed by atoms with van der Waals surface area (Å²) in [5.41, 5.74) is 4.20. The minimum atomic E-state index is -4.00. The molecular weight excluding hydrogens is 372 g/mol. The van der Waals surface area contributed by atoms with Gasteiger partial charge < -0.3 is 5.73 Å². The number of anilines is 1. The normalized spacial score (nSPS) is 14.2. The van der Waals surface area contributed by atoms with E-state index in [1.165, 1.54) is 24.3 Å². The van der Waals surface area contributed by atoms with E-state index in [9.17, 15) is 22.8 Å². The zero-order chi connectivity index (χ0) is 20.1. The highest BCUT2D eigenvalue weighted by Gasteiger charge is 2.33. The van der Waals surface area contributed by atoms with E-state index in [4.69, 9.17) is 5.73 Å². The van der Waals surface area contributed by atoms with Gasteiger partial charge in [-0.1, -0.05) is 12.1 Å². The van der Waals surface area contributed by atoms with Crippen molar-refractivity contribution in [1.29, 1.82) is 0 Å². The Balaban J connectivity index is 2.30. The van der Waals surface area contributed by atoms with E-state index < -0.39 is 32.9 Å². The van der Waals surface area contributed by atoms with Crippen LogP contribution in [-0.4, -0.2) is 30.3 Å². The van der Waals surface area contributed by atoms with Gasteiger partial charge in [-0.25, -0.2) is 13.1 Å². The van der Waals surface area contributed by atoms with Crippen molar-refractivity contribution in [2.45, 2.75) is 31.2 Å². The lowest BCUT2D eigenvalue weighted by Gasteiger charge is -2.22. The Kier molecular flexibility index (Phi) is 4.20. The Morgan fingerprint density at radius 1 is 1.07 bits per heavy atom. The number of nitrogens with one attached hydrogen (secondary N) is 2. The Hall–Kier alpha value is -2.98. The molecule has 0 saturated carbocycles. The lowest BCUT2D eigenvalue weighted by Crippen LogP contribution is -2.41.